The van der Waals surface area contributed by atoms with Gasteiger partial charge < -0.3 is 19.3 Å². The predicted octanol–water partition coefficient (Wildman–Crippen LogP) is 2.44. The molecule has 0 saturated heterocycles. The molecule has 1 unspecified atom stereocenters. The van der Waals surface area contributed by atoms with Gasteiger partial charge in [-0.2, -0.15) is 0 Å². The number of aliphatic hydroxyl groups is 1. The highest BCUT2D eigenvalue weighted by Crippen LogP contribution is 2.35. The van der Waals surface area contributed by atoms with Gasteiger partial charge in [0.1, 0.15) is 22.9 Å². The molecule has 2 N–H and O–H groups in total. The lowest BCUT2D eigenvalue weighted by molar-refractivity contribution is 0.0169. The van der Waals surface area contributed by atoms with Crippen LogP contribution in [0.15, 0.2) is 27.2 Å². The summed E-state index contributed by atoms with van der Waals surface area (Å²) >= 11 is 0. The van der Waals surface area contributed by atoms with Crippen LogP contribution in [0.1, 0.15) is 46.0 Å². The summed E-state index contributed by atoms with van der Waals surface area (Å²) in [5.41, 5.74) is 0.247. The van der Waals surface area contributed by atoms with Gasteiger partial charge in [0.2, 0.25) is 0 Å². The van der Waals surface area contributed by atoms with Gasteiger partial charge in [-0.15, -0.1) is 0 Å². The lowest BCUT2D eigenvalue weighted by Gasteiger charge is -2.31. The van der Waals surface area contributed by atoms with Crippen molar-refractivity contribution in [1.29, 1.82) is 0 Å². The van der Waals surface area contributed by atoms with Crippen LogP contribution in [0.5, 0.6) is 0 Å². The van der Waals surface area contributed by atoms with Crippen LogP contribution < -0.4 is 5.32 Å². The van der Waals surface area contributed by atoms with E-state index in [0.29, 0.717) is 23.5 Å². The van der Waals surface area contributed by atoms with Gasteiger partial charge in [-0.25, -0.2) is 0 Å². The maximum Gasteiger partial charge on any atom is 0.254 e. The van der Waals surface area contributed by atoms with Crippen molar-refractivity contribution in [3.05, 3.63) is 46.8 Å². The molecule has 3 rings (SSSR count). The number of furan rings is 2. The lowest BCUT2D eigenvalue weighted by Crippen LogP contribution is -2.42. The average Bonchev–Trinajstić information content (AvgIpc) is 3.04. The van der Waals surface area contributed by atoms with E-state index in [9.17, 15) is 9.90 Å². The number of carbonyl (C=O) groups excluding carboxylic acids is 1. The Kier molecular flexibility index (Phi) is 3.37. The van der Waals surface area contributed by atoms with Gasteiger partial charge >= 0.3 is 0 Å². The zero-order valence-corrected chi connectivity index (χ0v) is 12.2. The monoisotopic (exact) mass is 289 g/mol. The Morgan fingerprint density at radius 1 is 1.48 bits per heavy atom. The van der Waals surface area contributed by atoms with Crippen molar-refractivity contribution in [3.8, 4) is 0 Å². The van der Waals surface area contributed by atoms with E-state index < -0.39 is 5.60 Å². The summed E-state index contributed by atoms with van der Waals surface area (Å²) in [6.07, 6.45) is 3.88. The zero-order chi connectivity index (χ0) is 15.0. The molecule has 1 amide bonds. The molecule has 0 spiro atoms. The molecular weight excluding hydrogens is 270 g/mol. The Balaban J connectivity index is 1.74. The smallest absolute Gasteiger partial charge is 0.254 e. The minimum absolute atomic E-state index is 0.169. The number of nitrogens with one attached hydrogen (secondary N) is 1. The van der Waals surface area contributed by atoms with E-state index >= 15 is 0 Å². The third-order valence-corrected chi connectivity index (χ3v) is 4.07. The molecule has 5 heteroatoms. The van der Waals surface area contributed by atoms with Crippen molar-refractivity contribution >= 4 is 5.91 Å². The molecule has 0 saturated carbocycles. The van der Waals surface area contributed by atoms with Gasteiger partial charge in [0.15, 0.2) is 0 Å². The maximum atomic E-state index is 12.2. The van der Waals surface area contributed by atoms with E-state index in [2.05, 4.69) is 5.32 Å². The van der Waals surface area contributed by atoms with Crippen LogP contribution in [0.25, 0.3) is 0 Å². The van der Waals surface area contributed by atoms with Gasteiger partial charge in [0.25, 0.3) is 5.91 Å². The third kappa shape index (κ3) is 2.49. The minimum atomic E-state index is -1.05. The molecular formula is C16H19NO4. The summed E-state index contributed by atoms with van der Waals surface area (Å²) in [4.78, 5) is 12.2. The van der Waals surface area contributed by atoms with Gasteiger partial charge in [-0.3, -0.25) is 4.79 Å². The summed E-state index contributed by atoms with van der Waals surface area (Å²) in [5, 5.41) is 13.6. The van der Waals surface area contributed by atoms with Crippen LogP contribution in [-0.4, -0.2) is 17.6 Å². The molecule has 0 bridgehead atoms. The number of rotatable bonds is 3. The molecule has 1 aliphatic carbocycles. The van der Waals surface area contributed by atoms with Gasteiger partial charge in [0.05, 0.1) is 18.4 Å². The maximum absolute atomic E-state index is 12.2. The molecule has 2 aromatic heterocycles. The lowest BCUT2D eigenvalue weighted by atomic mass is 9.83. The SMILES string of the molecule is Cc1cc(C(=O)NCC2(O)CCCc3occc32)c(C)o1. The first-order valence-corrected chi connectivity index (χ1v) is 7.14. The largest absolute Gasteiger partial charge is 0.469 e. The summed E-state index contributed by atoms with van der Waals surface area (Å²) < 4.78 is 10.7. The average molecular weight is 289 g/mol. The first-order chi connectivity index (χ1) is 9.99. The molecule has 0 aromatic carbocycles. The molecule has 2 heterocycles. The van der Waals surface area contributed by atoms with Crippen molar-refractivity contribution in [2.45, 2.75) is 38.7 Å². The molecule has 21 heavy (non-hydrogen) atoms. The molecule has 1 aliphatic rings. The molecule has 0 aliphatic heterocycles. The number of carbonyl (C=O) groups is 1. The van der Waals surface area contributed by atoms with Crippen molar-refractivity contribution in [3.63, 3.8) is 0 Å². The quantitative estimate of drug-likeness (QED) is 0.910. The Labute approximate surface area is 122 Å². The zero-order valence-electron chi connectivity index (χ0n) is 12.2. The molecule has 0 fully saturated rings. The Morgan fingerprint density at radius 2 is 2.29 bits per heavy atom. The second-order valence-corrected chi connectivity index (χ2v) is 5.65. The van der Waals surface area contributed by atoms with Crippen LogP contribution in [0, 0.1) is 13.8 Å². The van der Waals surface area contributed by atoms with Crippen molar-refractivity contribution in [2.75, 3.05) is 6.54 Å². The van der Waals surface area contributed by atoms with Crippen molar-refractivity contribution < 1.29 is 18.7 Å². The molecule has 5 nitrogen and oxygen atoms in total. The third-order valence-electron chi connectivity index (χ3n) is 4.07. The highest BCUT2D eigenvalue weighted by Gasteiger charge is 2.36. The van der Waals surface area contributed by atoms with Crippen LogP contribution >= 0.6 is 0 Å². The Morgan fingerprint density at radius 3 is 3.00 bits per heavy atom. The Hall–Kier alpha value is -2.01. The number of fused-ring (bicyclic) bond motifs is 1. The summed E-state index contributed by atoms with van der Waals surface area (Å²) in [5.74, 6) is 1.87. The van der Waals surface area contributed by atoms with E-state index in [1.807, 2.05) is 0 Å². The Bertz CT molecular complexity index is 670. The van der Waals surface area contributed by atoms with Crippen LogP contribution in [0.4, 0.5) is 0 Å². The van der Waals surface area contributed by atoms with E-state index in [4.69, 9.17) is 8.83 Å². The summed E-state index contributed by atoms with van der Waals surface area (Å²) in [7, 11) is 0. The second-order valence-electron chi connectivity index (χ2n) is 5.65. The number of aryl methyl sites for hydroxylation is 3. The first-order valence-electron chi connectivity index (χ1n) is 7.14. The van der Waals surface area contributed by atoms with Gasteiger partial charge in [-0.1, -0.05) is 0 Å². The highest BCUT2D eigenvalue weighted by molar-refractivity contribution is 5.95. The highest BCUT2D eigenvalue weighted by atomic mass is 16.3. The molecule has 112 valence electrons. The number of hydrogen-bond donors (Lipinski definition) is 2. The van der Waals surface area contributed by atoms with Crippen molar-refractivity contribution in [1.82, 2.24) is 5.32 Å². The van der Waals surface area contributed by atoms with E-state index in [1.54, 1.807) is 32.2 Å². The standard InChI is InChI=1S/C16H19NO4/c1-10-8-12(11(2)21-10)15(18)17-9-16(19)6-3-4-14-13(16)5-7-20-14/h5,7-8,19H,3-4,6,9H2,1-2H3,(H,17,18). The van der Waals surface area contributed by atoms with Gasteiger partial charge in [-0.05, 0) is 38.8 Å². The summed E-state index contributed by atoms with van der Waals surface area (Å²) in [6.45, 7) is 3.73. The minimum Gasteiger partial charge on any atom is -0.469 e. The fourth-order valence-electron chi connectivity index (χ4n) is 2.99. The van der Waals surface area contributed by atoms with E-state index in [-0.39, 0.29) is 12.5 Å². The van der Waals surface area contributed by atoms with Crippen LogP contribution in [0.3, 0.4) is 0 Å². The molecule has 0 radical (unpaired) electrons. The fourth-order valence-corrected chi connectivity index (χ4v) is 2.99. The van der Waals surface area contributed by atoms with Crippen LogP contribution in [0.2, 0.25) is 0 Å². The van der Waals surface area contributed by atoms with E-state index in [0.717, 1.165) is 24.2 Å². The van der Waals surface area contributed by atoms with E-state index in [1.165, 1.54) is 0 Å². The number of amides is 1. The molecule has 2 aromatic rings. The fraction of sp³-hybridized carbons (Fsp3) is 0.438. The summed E-state index contributed by atoms with van der Waals surface area (Å²) in [6, 6.07) is 3.49. The van der Waals surface area contributed by atoms with Gasteiger partial charge in [0, 0.05) is 12.0 Å². The normalized spacial score (nSPS) is 21.1. The second kappa shape index (κ2) is 5.07. The van der Waals surface area contributed by atoms with Crippen LogP contribution in [-0.2, 0) is 12.0 Å². The topological polar surface area (TPSA) is 75.6 Å². The predicted molar refractivity (Wildman–Crippen MR) is 76.1 cm³/mol. The molecule has 1 atom stereocenters. The number of hydrogen-bond acceptors (Lipinski definition) is 4. The first kappa shape index (κ1) is 13.9. The van der Waals surface area contributed by atoms with Crippen molar-refractivity contribution in [2.24, 2.45) is 0 Å².